The SMILES string of the molecule is COc1nc(N2C[C@H]3CSC(NC(=O)c4ccccc4)=N[C@@]3(c3cc(/C=C(\F)c4ccc(C#N)cn4)ccc3F)C2)nc(C)c1F. The monoisotopic (exact) mass is 641 g/mol. The molecule has 9 nitrogen and oxygen atoms in total. The summed E-state index contributed by atoms with van der Waals surface area (Å²) in [6.07, 6.45) is 2.50. The molecule has 1 amide bonds. The van der Waals surface area contributed by atoms with Crippen LogP contribution in [-0.4, -0.2) is 52.0 Å². The quantitative estimate of drug-likeness (QED) is 0.286. The molecule has 46 heavy (non-hydrogen) atoms. The van der Waals surface area contributed by atoms with Crippen molar-refractivity contribution in [3.63, 3.8) is 0 Å². The molecule has 13 heteroatoms. The second-order valence-corrected chi connectivity index (χ2v) is 11.8. The van der Waals surface area contributed by atoms with Crippen LogP contribution in [-0.2, 0) is 5.54 Å². The summed E-state index contributed by atoms with van der Waals surface area (Å²) in [6.45, 7) is 1.93. The predicted molar refractivity (Wildman–Crippen MR) is 169 cm³/mol. The fraction of sp³-hybridized carbons (Fsp3) is 0.212. The lowest BCUT2D eigenvalue weighted by molar-refractivity contribution is 0.0977. The first-order valence-electron chi connectivity index (χ1n) is 14.2. The zero-order valence-corrected chi connectivity index (χ0v) is 25.5. The molecule has 0 spiro atoms. The minimum Gasteiger partial charge on any atom is -0.479 e. The molecule has 2 aromatic heterocycles. The molecule has 1 saturated heterocycles. The molecular formula is C33H26F3N7O2S. The molecular weight excluding hydrogens is 615 g/mol. The molecule has 6 rings (SSSR count). The minimum atomic E-state index is -1.25. The number of aliphatic imine (C=N–C) groups is 1. The molecule has 0 aliphatic carbocycles. The lowest BCUT2D eigenvalue weighted by atomic mass is 9.81. The van der Waals surface area contributed by atoms with Crippen LogP contribution in [0.3, 0.4) is 0 Å². The van der Waals surface area contributed by atoms with Gasteiger partial charge in [-0.05, 0) is 55.0 Å². The molecule has 1 N–H and O–H groups in total. The van der Waals surface area contributed by atoms with Gasteiger partial charge in [0.05, 0.1) is 30.6 Å². The van der Waals surface area contributed by atoms with Gasteiger partial charge in [0, 0.05) is 35.5 Å². The van der Waals surface area contributed by atoms with Crippen LogP contribution in [0.5, 0.6) is 5.88 Å². The summed E-state index contributed by atoms with van der Waals surface area (Å²) >= 11 is 1.33. The van der Waals surface area contributed by atoms with E-state index in [0.29, 0.717) is 28.6 Å². The van der Waals surface area contributed by atoms with Crippen molar-refractivity contribution < 1.29 is 22.7 Å². The van der Waals surface area contributed by atoms with Crippen molar-refractivity contribution in [2.24, 2.45) is 10.9 Å². The number of halogens is 3. The Hall–Kier alpha value is -5.22. The fourth-order valence-corrected chi connectivity index (χ4v) is 6.67. The van der Waals surface area contributed by atoms with Gasteiger partial charge < -0.3 is 15.0 Å². The van der Waals surface area contributed by atoms with Crippen LogP contribution in [0.4, 0.5) is 19.1 Å². The number of methoxy groups -OCH3 is 1. The maximum Gasteiger partial charge on any atom is 0.257 e. The van der Waals surface area contributed by atoms with Crippen molar-refractivity contribution in [3.8, 4) is 11.9 Å². The standard InChI is InChI=1S/C33H26F3N7O2S/c1-19-28(36)30(45-2)41-31(39-19)43-16-23-17-46-32(40-29(44)22-6-4-3-5-7-22)42-33(23,18-43)24-12-20(8-10-25(24)34)13-26(35)27-11-9-21(14-37)15-38-27/h3-13,15,23H,16-18H2,1-2H3,(H,40,42,44)/b26-13-/t23-,33-/m0/s1. The lowest BCUT2D eigenvalue weighted by Gasteiger charge is -2.35. The number of benzene rings is 2. The van der Waals surface area contributed by atoms with E-state index >= 15 is 8.78 Å². The first-order valence-corrected chi connectivity index (χ1v) is 15.1. The van der Waals surface area contributed by atoms with Crippen molar-refractivity contribution in [3.05, 3.63) is 112 Å². The third kappa shape index (κ3) is 5.91. The molecule has 0 unspecified atom stereocenters. The van der Waals surface area contributed by atoms with E-state index in [2.05, 4.69) is 20.3 Å². The van der Waals surface area contributed by atoms with Gasteiger partial charge in [-0.25, -0.2) is 18.8 Å². The number of ether oxygens (including phenoxy) is 1. The van der Waals surface area contributed by atoms with Gasteiger partial charge in [0.25, 0.3) is 11.8 Å². The van der Waals surface area contributed by atoms with Gasteiger partial charge in [-0.15, -0.1) is 0 Å². The van der Waals surface area contributed by atoms with Crippen LogP contribution >= 0.6 is 11.8 Å². The second-order valence-electron chi connectivity index (χ2n) is 10.8. The zero-order chi connectivity index (χ0) is 32.4. The van der Waals surface area contributed by atoms with Crippen LogP contribution in [0.25, 0.3) is 11.9 Å². The van der Waals surface area contributed by atoms with E-state index in [1.807, 2.05) is 6.07 Å². The van der Waals surface area contributed by atoms with E-state index in [9.17, 15) is 9.18 Å². The van der Waals surface area contributed by atoms with E-state index in [-0.39, 0.29) is 52.7 Å². The summed E-state index contributed by atoms with van der Waals surface area (Å²) in [5, 5.41) is 12.2. The molecule has 232 valence electrons. The summed E-state index contributed by atoms with van der Waals surface area (Å²) in [6, 6.07) is 17.6. The number of fused-ring (bicyclic) bond motifs is 1. The number of pyridine rings is 1. The Kier molecular flexibility index (Phi) is 8.46. The maximum atomic E-state index is 15.9. The van der Waals surface area contributed by atoms with Gasteiger partial charge >= 0.3 is 0 Å². The predicted octanol–water partition coefficient (Wildman–Crippen LogP) is 5.67. The maximum absolute atomic E-state index is 15.9. The average Bonchev–Trinajstić information content (AvgIpc) is 3.47. The topological polar surface area (TPSA) is 116 Å². The normalized spacial score (nSPS) is 19.2. The smallest absolute Gasteiger partial charge is 0.257 e. The van der Waals surface area contributed by atoms with Crippen molar-refractivity contribution >= 4 is 40.7 Å². The molecule has 2 aliphatic heterocycles. The number of thioether (sulfide) groups is 1. The van der Waals surface area contributed by atoms with Gasteiger partial charge in [0.2, 0.25) is 11.8 Å². The number of nitrogens with zero attached hydrogens (tertiary/aromatic N) is 6. The Morgan fingerprint density at radius 2 is 1.98 bits per heavy atom. The Bertz CT molecular complexity index is 1920. The molecule has 2 aliphatic rings. The number of carbonyl (C=O) groups is 1. The van der Waals surface area contributed by atoms with E-state index in [4.69, 9.17) is 15.0 Å². The number of amidine groups is 1. The largest absolute Gasteiger partial charge is 0.479 e. The number of amides is 1. The Morgan fingerprint density at radius 3 is 2.70 bits per heavy atom. The van der Waals surface area contributed by atoms with Gasteiger partial charge in [-0.3, -0.25) is 9.78 Å². The molecule has 2 aromatic carbocycles. The summed E-state index contributed by atoms with van der Waals surface area (Å²) < 4.78 is 50.8. The molecule has 0 radical (unpaired) electrons. The third-order valence-corrected chi connectivity index (χ3v) is 8.90. The van der Waals surface area contributed by atoms with Crippen molar-refractivity contribution in [2.45, 2.75) is 12.5 Å². The summed E-state index contributed by atoms with van der Waals surface area (Å²) in [5.41, 5.74) is 0.117. The van der Waals surface area contributed by atoms with E-state index in [1.165, 1.54) is 68.4 Å². The number of nitrogens with one attached hydrogen (secondary N) is 1. The number of nitriles is 1. The van der Waals surface area contributed by atoms with Crippen LogP contribution in [0.1, 0.15) is 38.4 Å². The number of anilines is 1. The summed E-state index contributed by atoms with van der Waals surface area (Å²) in [4.78, 5) is 32.4. The third-order valence-electron chi connectivity index (χ3n) is 7.87. The molecule has 1 fully saturated rings. The van der Waals surface area contributed by atoms with Gasteiger partial charge in [-0.1, -0.05) is 36.0 Å². The molecule has 2 atom stereocenters. The number of hydrogen-bond acceptors (Lipinski definition) is 9. The van der Waals surface area contributed by atoms with Crippen LogP contribution in [0.2, 0.25) is 0 Å². The number of aromatic nitrogens is 3. The van der Waals surface area contributed by atoms with Crippen molar-refractivity contribution in [2.75, 3.05) is 30.9 Å². The molecule has 4 heterocycles. The molecule has 0 bridgehead atoms. The number of hydrogen-bond donors (Lipinski definition) is 1. The first kappa shape index (κ1) is 30.8. The zero-order valence-electron chi connectivity index (χ0n) is 24.7. The Labute approximate surface area is 266 Å². The van der Waals surface area contributed by atoms with Crippen molar-refractivity contribution in [1.29, 1.82) is 5.26 Å². The van der Waals surface area contributed by atoms with E-state index in [0.717, 1.165) is 0 Å². The Morgan fingerprint density at radius 1 is 1.17 bits per heavy atom. The van der Waals surface area contributed by atoms with Gasteiger partial charge in [-0.2, -0.15) is 14.6 Å². The van der Waals surface area contributed by atoms with E-state index in [1.54, 1.807) is 35.2 Å². The second kappa shape index (κ2) is 12.6. The highest BCUT2D eigenvalue weighted by Crippen LogP contribution is 2.47. The van der Waals surface area contributed by atoms with Crippen molar-refractivity contribution in [1.82, 2.24) is 20.3 Å². The molecule has 4 aromatic rings. The summed E-state index contributed by atoms with van der Waals surface area (Å²) in [5.74, 6) is -2.17. The minimum absolute atomic E-state index is 0.0173. The highest BCUT2D eigenvalue weighted by molar-refractivity contribution is 8.13. The number of carbonyl (C=O) groups excluding carboxylic acids is 1. The average molecular weight is 642 g/mol. The van der Waals surface area contributed by atoms with Crippen LogP contribution in [0, 0.1) is 35.8 Å². The van der Waals surface area contributed by atoms with Gasteiger partial charge in [0.1, 0.15) is 23.3 Å². The lowest BCUT2D eigenvalue weighted by Crippen LogP contribution is -2.43. The number of aryl methyl sites for hydroxylation is 1. The summed E-state index contributed by atoms with van der Waals surface area (Å²) in [7, 11) is 1.31. The highest BCUT2D eigenvalue weighted by atomic mass is 32.2. The van der Waals surface area contributed by atoms with Crippen LogP contribution in [0.15, 0.2) is 71.9 Å². The number of rotatable bonds is 6. The fourth-order valence-electron chi connectivity index (χ4n) is 5.53. The first-order chi connectivity index (χ1) is 22.2. The molecule has 0 saturated carbocycles. The highest BCUT2D eigenvalue weighted by Gasteiger charge is 2.52. The van der Waals surface area contributed by atoms with E-state index < -0.39 is 23.0 Å². The van der Waals surface area contributed by atoms with Crippen LogP contribution < -0.4 is 15.0 Å². The van der Waals surface area contributed by atoms with Gasteiger partial charge in [0.15, 0.2) is 5.17 Å². The Balaban J connectivity index is 1.43.